The molecule has 0 aliphatic carbocycles. The van der Waals surface area contributed by atoms with Crippen LogP contribution in [0.25, 0.3) is 17.1 Å². The van der Waals surface area contributed by atoms with Crippen molar-refractivity contribution in [2.24, 2.45) is 5.73 Å². The molecule has 0 saturated carbocycles. The summed E-state index contributed by atoms with van der Waals surface area (Å²) in [7, 11) is 0. The minimum atomic E-state index is -4.84. The fourth-order valence-corrected chi connectivity index (χ4v) is 4.31. The molecule has 1 atom stereocenters. The largest absolute Gasteiger partial charge is 0.573 e. The van der Waals surface area contributed by atoms with Crippen LogP contribution in [0, 0.1) is 0 Å². The third-order valence-electron chi connectivity index (χ3n) is 6.13. The van der Waals surface area contributed by atoms with Crippen molar-refractivity contribution in [1.29, 1.82) is 0 Å². The molecule has 1 aliphatic heterocycles. The molecule has 2 aromatic heterocycles. The maximum atomic E-state index is 13.6. The molecule has 0 fully saturated rings. The number of aromatic nitrogens is 3. The predicted molar refractivity (Wildman–Crippen MR) is 138 cm³/mol. The Kier molecular flexibility index (Phi) is 7.34. The lowest BCUT2D eigenvalue weighted by molar-refractivity contribution is -0.274. The summed E-state index contributed by atoms with van der Waals surface area (Å²) in [5.74, 6) is -3.84. The quantitative estimate of drug-likeness (QED) is 0.315. The Bertz CT molecular complexity index is 1580. The number of hydrogen-bond acceptors (Lipinski definition) is 7. The normalized spacial score (nSPS) is 14.5. The molecule has 210 valence electrons. The van der Waals surface area contributed by atoms with E-state index >= 15 is 0 Å². The Morgan fingerprint density at radius 3 is 2.49 bits per heavy atom. The standard InChI is InChI=1S/C28H22F3N5O5/c29-28(30,31)41-20-9-4-8-19(17-20)22-11-13-36(35-22)24-21(10-5-12-33-24)25(37)34-23(16-18-6-2-1-3-7-18)27(26(32)38)39-14-15-40-27/h1-15,17,23H,16H2,(H2,32,38)(H,34,37). The van der Waals surface area contributed by atoms with Gasteiger partial charge in [-0.2, -0.15) is 5.10 Å². The number of nitrogens with two attached hydrogens (primary N) is 1. The van der Waals surface area contributed by atoms with Crippen LogP contribution in [0.3, 0.4) is 0 Å². The highest BCUT2D eigenvalue weighted by molar-refractivity contribution is 5.98. The summed E-state index contributed by atoms with van der Waals surface area (Å²) < 4.78 is 54.3. The topological polar surface area (TPSA) is 131 Å². The van der Waals surface area contributed by atoms with Gasteiger partial charge < -0.3 is 25.3 Å². The van der Waals surface area contributed by atoms with Gasteiger partial charge in [-0.15, -0.1) is 13.2 Å². The van der Waals surface area contributed by atoms with Crippen LogP contribution in [0.5, 0.6) is 5.75 Å². The summed E-state index contributed by atoms with van der Waals surface area (Å²) >= 11 is 0. The van der Waals surface area contributed by atoms with Gasteiger partial charge in [0.2, 0.25) is 0 Å². The Hall–Kier alpha value is -5.33. The van der Waals surface area contributed by atoms with Crippen LogP contribution in [0.15, 0.2) is 97.7 Å². The van der Waals surface area contributed by atoms with Gasteiger partial charge in [0, 0.05) is 24.4 Å². The van der Waals surface area contributed by atoms with Gasteiger partial charge in [0.1, 0.15) is 24.3 Å². The molecule has 1 unspecified atom stereocenters. The highest BCUT2D eigenvalue weighted by Gasteiger charge is 2.51. The summed E-state index contributed by atoms with van der Waals surface area (Å²) in [5, 5.41) is 7.19. The molecule has 2 amide bonds. The molecule has 2 aromatic carbocycles. The van der Waals surface area contributed by atoms with E-state index in [1.54, 1.807) is 30.3 Å². The first-order valence-corrected chi connectivity index (χ1v) is 12.2. The van der Waals surface area contributed by atoms with Gasteiger partial charge in [-0.1, -0.05) is 42.5 Å². The van der Waals surface area contributed by atoms with Gasteiger partial charge >= 0.3 is 18.1 Å². The molecule has 1 aliphatic rings. The van der Waals surface area contributed by atoms with E-state index in [1.807, 2.05) is 18.2 Å². The van der Waals surface area contributed by atoms with Crippen molar-refractivity contribution >= 4 is 11.8 Å². The van der Waals surface area contributed by atoms with Crippen LogP contribution >= 0.6 is 0 Å². The van der Waals surface area contributed by atoms with Crippen molar-refractivity contribution in [1.82, 2.24) is 20.1 Å². The number of amides is 2. The van der Waals surface area contributed by atoms with Crippen LogP contribution in [0.4, 0.5) is 13.2 Å². The molecule has 0 bridgehead atoms. The SMILES string of the molecule is NC(=O)C1(C(Cc2ccccc2)NC(=O)c2cccnc2-n2ccc(-c3cccc(OC(F)(F)F)c3)n2)OC=CO1. The van der Waals surface area contributed by atoms with E-state index in [-0.39, 0.29) is 17.8 Å². The fourth-order valence-electron chi connectivity index (χ4n) is 4.31. The van der Waals surface area contributed by atoms with E-state index in [4.69, 9.17) is 15.2 Å². The van der Waals surface area contributed by atoms with Crippen molar-refractivity contribution in [3.8, 4) is 22.8 Å². The number of pyridine rings is 1. The zero-order chi connectivity index (χ0) is 29.0. The van der Waals surface area contributed by atoms with Crippen molar-refractivity contribution < 1.29 is 37.0 Å². The van der Waals surface area contributed by atoms with Crippen molar-refractivity contribution in [2.75, 3.05) is 0 Å². The van der Waals surface area contributed by atoms with Gasteiger partial charge in [0.25, 0.3) is 5.91 Å². The Balaban J connectivity index is 1.44. The minimum Gasteiger partial charge on any atom is -0.447 e. The Labute approximate surface area is 231 Å². The summed E-state index contributed by atoms with van der Waals surface area (Å²) in [5.41, 5.74) is 7.16. The summed E-state index contributed by atoms with van der Waals surface area (Å²) in [6.07, 6.45) is 0.587. The molecule has 0 saturated heterocycles. The first-order valence-electron chi connectivity index (χ1n) is 12.2. The lowest BCUT2D eigenvalue weighted by atomic mass is 9.97. The number of carbonyl (C=O) groups is 2. The molecule has 5 rings (SSSR count). The van der Waals surface area contributed by atoms with Crippen LogP contribution in [-0.2, 0) is 20.7 Å². The van der Waals surface area contributed by atoms with Gasteiger partial charge in [0.05, 0.1) is 11.3 Å². The smallest absolute Gasteiger partial charge is 0.447 e. The van der Waals surface area contributed by atoms with E-state index in [9.17, 15) is 22.8 Å². The Morgan fingerprint density at radius 1 is 1.02 bits per heavy atom. The van der Waals surface area contributed by atoms with E-state index < -0.39 is 35.8 Å². The predicted octanol–water partition coefficient (Wildman–Crippen LogP) is 3.87. The number of ether oxygens (including phenoxy) is 3. The van der Waals surface area contributed by atoms with Crippen molar-refractivity contribution in [3.63, 3.8) is 0 Å². The third-order valence-corrected chi connectivity index (χ3v) is 6.13. The second-order valence-corrected chi connectivity index (χ2v) is 8.85. The van der Waals surface area contributed by atoms with Crippen LogP contribution in [0.2, 0.25) is 0 Å². The van der Waals surface area contributed by atoms with Crippen LogP contribution < -0.4 is 15.8 Å². The summed E-state index contributed by atoms with van der Waals surface area (Å²) in [4.78, 5) is 30.4. The highest BCUT2D eigenvalue weighted by Crippen LogP contribution is 2.29. The molecular weight excluding hydrogens is 543 g/mol. The number of carbonyl (C=O) groups excluding carboxylic acids is 2. The number of rotatable bonds is 9. The van der Waals surface area contributed by atoms with Crippen LogP contribution in [-0.4, -0.2) is 44.8 Å². The molecule has 13 heteroatoms. The molecule has 10 nitrogen and oxygen atoms in total. The fraction of sp³-hybridized carbons (Fsp3) is 0.143. The lowest BCUT2D eigenvalue weighted by Gasteiger charge is -2.33. The van der Waals surface area contributed by atoms with Crippen molar-refractivity contribution in [3.05, 3.63) is 109 Å². The number of primary amides is 1. The number of hydrogen-bond donors (Lipinski definition) is 2. The second kappa shape index (κ2) is 11.0. The lowest BCUT2D eigenvalue weighted by Crippen LogP contribution is -2.61. The zero-order valence-corrected chi connectivity index (χ0v) is 21.1. The van der Waals surface area contributed by atoms with Gasteiger partial charge in [-0.05, 0) is 35.9 Å². The molecule has 0 spiro atoms. The monoisotopic (exact) mass is 565 g/mol. The molecule has 0 radical (unpaired) electrons. The van der Waals surface area contributed by atoms with E-state index in [0.717, 1.165) is 5.56 Å². The highest BCUT2D eigenvalue weighted by atomic mass is 19.4. The maximum absolute atomic E-state index is 13.6. The second-order valence-electron chi connectivity index (χ2n) is 8.85. The number of alkyl halides is 3. The molecule has 4 aromatic rings. The number of nitrogens with one attached hydrogen (secondary N) is 1. The molecule has 3 N–H and O–H groups in total. The molecule has 41 heavy (non-hydrogen) atoms. The molecule has 3 heterocycles. The first-order chi connectivity index (χ1) is 19.6. The number of nitrogens with zero attached hydrogens (tertiary/aromatic N) is 3. The summed E-state index contributed by atoms with van der Waals surface area (Å²) in [6.45, 7) is 0. The van der Waals surface area contributed by atoms with Crippen LogP contribution in [0.1, 0.15) is 15.9 Å². The Morgan fingerprint density at radius 2 is 1.78 bits per heavy atom. The number of benzene rings is 2. The van der Waals surface area contributed by atoms with Gasteiger partial charge in [-0.3, -0.25) is 9.59 Å². The minimum absolute atomic E-state index is 0.0833. The van der Waals surface area contributed by atoms with E-state index in [1.165, 1.54) is 53.9 Å². The zero-order valence-electron chi connectivity index (χ0n) is 21.1. The maximum Gasteiger partial charge on any atom is 0.573 e. The van der Waals surface area contributed by atoms with E-state index in [0.29, 0.717) is 11.3 Å². The number of halogens is 3. The van der Waals surface area contributed by atoms with E-state index in [2.05, 4.69) is 20.1 Å². The third kappa shape index (κ3) is 5.98. The van der Waals surface area contributed by atoms with Gasteiger partial charge in [0.15, 0.2) is 5.82 Å². The first kappa shape index (κ1) is 27.2. The van der Waals surface area contributed by atoms with Crippen molar-refractivity contribution in [2.45, 2.75) is 24.6 Å². The summed E-state index contributed by atoms with van der Waals surface area (Å²) in [6, 6.07) is 17.9. The van der Waals surface area contributed by atoms with Gasteiger partial charge in [-0.25, -0.2) is 9.67 Å². The average molecular weight is 566 g/mol. The molecular formula is C28H22F3N5O5. The average Bonchev–Trinajstić information content (AvgIpc) is 3.64.